The summed E-state index contributed by atoms with van der Waals surface area (Å²) >= 11 is 0. The zero-order chi connectivity index (χ0) is 12.8. The highest BCUT2D eigenvalue weighted by atomic mass is 16.3. The highest BCUT2D eigenvalue weighted by molar-refractivity contribution is 5.43. The molecule has 98 valence electrons. The van der Waals surface area contributed by atoms with Gasteiger partial charge in [0, 0.05) is 12.0 Å². The SMILES string of the molecule is CC1CCC(O)(C2(CN)CCc3ccccc32)C1. The van der Waals surface area contributed by atoms with Crippen molar-refractivity contribution in [1.82, 2.24) is 0 Å². The third-order valence-electron chi connectivity index (χ3n) is 5.33. The lowest BCUT2D eigenvalue weighted by Crippen LogP contribution is -2.53. The minimum absolute atomic E-state index is 0.200. The summed E-state index contributed by atoms with van der Waals surface area (Å²) in [7, 11) is 0. The number of nitrogens with two attached hydrogens (primary N) is 1. The highest BCUT2D eigenvalue weighted by Gasteiger charge is 2.55. The zero-order valence-electron chi connectivity index (χ0n) is 11.2. The normalized spacial score (nSPS) is 38.9. The van der Waals surface area contributed by atoms with E-state index in [1.54, 1.807) is 0 Å². The van der Waals surface area contributed by atoms with Gasteiger partial charge in [-0.05, 0) is 49.1 Å². The van der Waals surface area contributed by atoms with Crippen molar-refractivity contribution in [3.63, 3.8) is 0 Å². The maximum Gasteiger partial charge on any atom is 0.0758 e. The van der Waals surface area contributed by atoms with Crippen molar-refractivity contribution in [2.75, 3.05) is 6.54 Å². The Labute approximate surface area is 109 Å². The van der Waals surface area contributed by atoms with E-state index in [0.29, 0.717) is 12.5 Å². The summed E-state index contributed by atoms with van der Waals surface area (Å²) in [6.45, 7) is 2.80. The van der Waals surface area contributed by atoms with Crippen molar-refractivity contribution >= 4 is 0 Å². The number of aryl methyl sites for hydroxylation is 1. The van der Waals surface area contributed by atoms with Gasteiger partial charge in [-0.15, -0.1) is 0 Å². The van der Waals surface area contributed by atoms with Crippen molar-refractivity contribution in [1.29, 1.82) is 0 Å². The standard InChI is InChI=1S/C16H23NO/c1-12-6-9-16(18,10-12)15(11-17)8-7-13-4-2-3-5-14(13)15/h2-5,12,18H,6-11,17H2,1H3. The van der Waals surface area contributed by atoms with Crippen molar-refractivity contribution in [2.24, 2.45) is 11.7 Å². The van der Waals surface area contributed by atoms with Crippen molar-refractivity contribution in [2.45, 2.75) is 50.0 Å². The Bertz CT molecular complexity index is 458. The average Bonchev–Trinajstić information content (AvgIpc) is 2.92. The number of benzene rings is 1. The predicted octanol–water partition coefficient (Wildman–Crippen LogP) is 2.38. The van der Waals surface area contributed by atoms with Gasteiger partial charge in [0.05, 0.1) is 5.60 Å². The van der Waals surface area contributed by atoms with Crippen molar-refractivity contribution in [3.05, 3.63) is 35.4 Å². The summed E-state index contributed by atoms with van der Waals surface area (Å²) < 4.78 is 0. The molecule has 18 heavy (non-hydrogen) atoms. The van der Waals surface area contributed by atoms with Gasteiger partial charge >= 0.3 is 0 Å². The summed E-state index contributed by atoms with van der Waals surface area (Å²) in [5.74, 6) is 0.617. The van der Waals surface area contributed by atoms with Gasteiger partial charge in [-0.1, -0.05) is 31.2 Å². The van der Waals surface area contributed by atoms with Gasteiger partial charge in [0.15, 0.2) is 0 Å². The minimum Gasteiger partial charge on any atom is -0.389 e. The molecule has 0 saturated heterocycles. The van der Waals surface area contributed by atoms with Crippen LogP contribution in [0.2, 0.25) is 0 Å². The predicted molar refractivity (Wildman–Crippen MR) is 73.5 cm³/mol. The molecule has 3 atom stereocenters. The van der Waals surface area contributed by atoms with Crippen LogP contribution in [-0.4, -0.2) is 17.3 Å². The zero-order valence-corrected chi connectivity index (χ0v) is 11.2. The quantitative estimate of drug-likeness (QED) is 0.840. The molecule has 0 radical (unpaired) electrons. The first-order chi connectivity index (χ1) is 8.61. The van der Waals surface area contributed by atoms with Gasteiger partial charge in [-0.3, -0.25) is 0 Å². The van der Waals surface area contributed by atoms with E-state index in [0.717, 1.165) is 32.1 Å². The van der Waals surface area contributed by atoms with E-state index < -0.39 is 5.60 Å². The topological polar surface area (TPSA) is 46.2 Å². The summed E-state index contributed by atoms with van der Waals surface area (Å²) in [6.07, 6.45) is 4.99. The van der Waals surface area contributed by atoms with Crippen LogP contribution < -0.4 is 5.73 Å². The van der Waals surface area contributed by atoms with Crippen molar-refractivity contribution in [3.8, 4) is 0 Å². The maximum absolute atomic E-state index is 11.2. The fourth-order valence-electron chi connectivity index (χ4n) is 4.27. The van der Waals surface area contributed by atoms with E-state index in [4.69, 9.17) is 5.73 Å². The van der Waals surface area contributed by atoms with Gasteiger partial charge in [0.1, 0.15) is 0 Å². The summed E-state index contributed by atoms with van der Waals surface area (Å²) in [5.41, 5.74) is 8.04. The van der Waals surface area contributed by atoms with Crippen LogP contribution in [0.1, 0.15) is 43.7 Å². The second kappa shape index (κ2) is 4.07. The van der Waals surface area contributed by atoms with Crippen LogP contribution in [0.5, 0.6) is 0 Å². The molecule has 1 saturated carbocycles. The molecule has 1 fully saturated rings. The van der Waals surface area contributed by atoms with Crippen LogP contribution in [0.15, 0.2) is 24.3 Å². The molecule has 3 unspecified atom stereocenters. The van der Waals surface area contributed by atoms with Crippen LogP contribution in [0.25, 0.3) is 0 Å². The molecule has 2 aliphatic carbocycles. The van der Waals surface area contributed by atoms with Gasteiger partial charge < -0.3 is 10.8 Å². The largest absolute Gasteiger partial charge is 0.389 e. The lowest BCUT2D eigenvalue weighted by Gasteiger charge is -2.43. The van der Waals surface area contributed by atoms with Crippen LogP contribution >= 0.6 is 0 Å². The number of fused-ring (bicyclic) bond motifs is 1. The molecular weight excluding hydrogens is 222 g/mol. The van der Waals surface area contributed by atoms with Crippen LogP contribution in [0, 0.1) is 5.92 Å². The second-order valence-corrected chi connectivity index (χ2v) is 6.32. The fourth-order valence-corrected chi connectivity index (χ4v) is 4.27. The number of hydrogen-bond acceptors (Lipinski definition) is 2. The molecule has 0 aromatic heterocycles. The van der Waals surface area contributed by atoms with E-state index >= 15 is 0 Å². The molecule has 0 aliphatic heterocycles. The van der Waals surface area contributed by atoms with Gasteiger partial charge in [0.25, 0.3) is 0 Å². The molecule has 2 heteroatoms. The Kier molecular flexibility index (Phi) is 2.76. The van der Waals surface area contributed by atoms with Crippen molar-refractivity contribution < 1.29 is 5.11 Å². The molecule has 1 aromatic rings. The summed E-state index contributed by atoms with van der Waals surface area (Å²) in [4.78, 5) is 0. The smallest absolute Gasteiger partial charge is 0.0758 e. The minimum atomic E-state index is -0.590. The lowest BCUT2D eigenvalue weighted by molar-refractivity contribution is -0.0339. The Hall–Kier alpha value is -0.860. The highest BCUT2D eigenvalue weighted by Crippen LogP contribution is 2.53. The summed E-state index contributed by atoms with van der Waals surface area (Å²) in [5, 5.41) is 11.2. The van der Waals surface area contributed by atoms with E-state index in [2.05, 4.69) is 31.2 Å². The van der Waals surface area contributed by atoms with E-state index in [-0.39, 0.29) is 5.41 Å². The summed E-state index contributed by atoms with van der Waals surface area (Å²) in [6, 6.07) is 8.54. The maximum atomic E-state index is 11.2. The fraction of sp³-hybridized carbons (Fsp3) is 0.625. The molecule has 0 spiro atoms. The molecule has 2 aliphatic rings. The molecule has 0 heterocycles. The van der Waals surface area contributed by atoms with Crippen LogP contribution in [0.3, 0.4) is 0 Å². The van der Waals surface area contributed by atoms with Crippen LogP contribution in [-0.2, 0) is 11.8 Å². The number of aliphatic hydroxyl groups is 1. The third kappa shape index (κ3) is 1.49. The molecule has 3 N–H and O–H groups in total. The molecule has 3 rings (SSSR count). The molecule has 0 bridgehead atoms. The van der Waals surface area contributed by atoms with E-state index in [1.165, 1.54) is 11.1 Å². The van der Waals surface area contributed by atoms with E-state index in [1.807, 2.05) is 0 Å². The van der Waals surface area contributed by atoms with Gasteiger partial charge in [0.2, 0.25) is 0 Å². The first kappa shape index (κ1) is 12.2. The first-order valence-corrected chi connectivity index (χ1v) is 7.12. The molecule has 0 amide bonds. The van der Waals surface area contributed by atoms with E-state index in [9.17, 15) is 5.11 Å². The molecular formula is C16H23NO. The average molecular weight is 245 g/mol. The Morgan fingerprint density at radius 2 is 2.11 bits per heavy atom. The Morgan fingerprint density at radius 1 is 1.33 bits per heavy atom. The third-order valence-corrected chi connectivity index (χ3v) is 5.33. The first-order valence-electron chi connectivity index (χ1n) is 7.12. The second-order valence-electron chi connectivity index (χ2n) is 6.32. The van der Waals surface area contributed by atoms with Gasteiger partial charge in [-0.2, -0.15) is 0 Å². The Morgan fingerprint density at radius 3 is 2.78 bits per heavy atom. The number of hydrogen-bond donors (Lipinski definition) is 2. The monoisotopic (exact) mass is 245 g/mol. The van der Waals surface area contributed by atoms with Crippen LogP contribution in [0.4, 0.5) is 0 Å². The Balaban J connectivity index is 2.07. The lowest BCUT2D eigenvalue weighted by atomic mass is 9.66. The number of rotatable bonds is 2. The molecule has 2 nitrogen and oxygen atoms in total. The molecule has 1 aromatic carbocycles. The van der Waals surface area contributed by atoms with Gasteiger partial charge in [-0.25, -0.2) is 0 Å².